The van der Waals surface area contributed by atoms with Gasteiger partial charge in [-0.3, -0.25) is 0 Å². The summed E-state index contributed by atoms with van der Waals surface area (Å²) < 4.78 is 0. The van der Waals surface area contributed by atoms with E-state index < -0.39 is 0 Å². The van der Waals surface area contributed by atoms with Crippen LogP contribution in [0.15, 0.2) is 65.0 Å². The fraction of sp³-hybridized carbons (Fsp3) is 0.0588. The summed E-state index contributed by atoms with van der Waals surface area (Å²) in [7, 11) is 0. The number of phenols is 1. The summed E-state index contributed by atoms with van der Waals surface area (Å²) in [4.78, 5) is 8.77. The van der Waals surface area contributed by atoms with Gasteiger partial charge in [-0.15, -0.1) is 11.3 Å². The van der Waals surface area contributed by atoms with Crippen LogP contribution in [-0.2, 0) is 6.54 Å². The topological polar surface area (TPSA) is 83.5 Å². The minimum Gasteiger partial charge on any atom is -0.508 e. The Kier molecular flexibility index (Phi) is 4.54. The Bertz CT molecular complexity index is 797. The van der Waals surface area contributed by atoms with Gasteiger partial charge >= 0.3 is 0 Å². The second-order valence-electron chi connectivity index (χ2n) is 4.90. The molecule has 1 aromatic heterocycles. The number of thiazole rings is 1. The minimum atomic E-state index is 0.236. The van der Waals surface area contributed by atoms with Gasteiger partial charge in [0.1, 0.15) is 5.75 Å². The number of aromatic nitrogens is 1. The zero-order valence-electron chi connectivity index (χ0n) is 12.3. The third kappa shape index (κ3) is 4.08. The van der Waals surface area contributed by atoms with E-state index in [4.69, 9.17) is 5.73 Å². The molecule has 0 atom stereocenters. The molecule has 0 spiro atoms. The number of aromatic hydroxyl groups is 1. The highest BCUT2D eigenvalue weighted by atomic mass is 32.1. The molecule has 2 aromatic carbocycles. The zero-order chi connectivity index (χ0) is 16.1. The number of aliphatic imine (C=N–C) groups is 1. The molecule has 0 fully saturated rings. The summed E-state index contributed by atoms with van der Waals surface area (Å²) >= 11 is 1.45. The van der Waals surface area contributed by atoms with E-state index in [0.717, 1.165) is 16.8 Å². The molecular formula is C17H16N4OS. The predicted molar refractivity (Wildman–Crippen MR) is 94.6 cm³/mol. The molecule has 0 aliphatic heterocycles. The van der Waals surface area contributed by atoms with Gasteiger partial charge in [0, 0.05) is 10.9 Å². The van der Waals surface area contributed by atoms with Gasteiger partial charge in [-0.25, -0.2) is 9.98 Å². The van der Waals surface area contributed by atoms with E-state index >= 15 is 0 Å². The van der Waals surface area contributed by atoms with Gasteiger partial charge < -0.3 is 16.2 Å². The van der Waals surface area contributed by atoms with Crippen LogP contribution in [-0.4, -0.2) is 16.1 Å². The molecule has 0 aliphatic rings. The Morgan fingerprint density at radius 3 is 2.61 bits per heavy atom. The first-order valence-corrected chi connectivity index (χ1v) is 7.94. The van der Waals surface area contributed by atoms with Crippen molar-refractivity contribution in [2.75, 3.05) is 5.32 Å². The van der Waals surface area contributed by atoms with Crippen molar-refractivity contribution < 1.29 is 5.11 Å². The van der Waals surface area contributed by atoms with Crippen molar-refractivity contribution >= 4 is 22.4 Å². The standard InChI is InChI=1S/C17H16N4OS/c18-16(19-10-12-4-2-1-3-5-12)21-17-20-15(11-23-17)13-6-8-14(22)9-7-13/h1-9,11,22H,10H2,(H3,18,19,20,21). The number of phenolic OH excluding ortho intramolecular Hbond substituents is 1. The number of nitrogens with one attached hydrogen (secondary N) is 1. The van der Waals surface area contributed by atoms with E-state index in [1.807, 2.05) is 47.8 Å². The summed E-state index contributed by atoms with van der Waals surface area (Å²) in [5.41, 5.74) is 8.76. The van der Waals surface area contributed by atoms with Crippen LogP contribution in [0.3, 0.4) is 0 Å². The highest BCUT2D eigenvalue weighted by Gasteiger charge is 2.05. The number of guanidine groups is 1. The van der Waals surface area contributed by atoms with Crippen molar-refractivity contribution in [2.45, 2.75) is 6.54 Å². The molecule has 6 heteroatoms. The average Bonchev–Trinajstić information content (AvgIpc) is 3.03. The molecule has 0 radical (unpaired) electrons. The molecule has 116 valence electrons. The third-order valence-corrected chi connectivity index (χ3v) is 3.93. The second-order valence-corrected chi connectivity index (χ2v) is 5.75. The maximum absolute atomic E-state index is 9.32. The number of nitrogens with zero attached hydrogens (tertiary/aromatic N) is 2. The highest BCUT2D eigenvalue weighted by molar-refractivity contribution is 7.14. The summed E-state index contributed by atoms with van der Waals surface area (Å²) in [6, 6.07) is 16.8. The molecule has 4 N–H and O–H groups in total. The molecule has 0 bridgehead atoms. The van der Waals surface area contributed by atoms with Crippen LogP contribution in [0.1, 0.15) is 5.56 Å². The maximum atomic E-state index is 9.32. The lowest BCUT2D eigenvalue weighted by molar-refractivity contribution is 0.475. The summed E-state index contributed by atoms with van der Waals surface area (Å²) in [6.07, 6.45) is 0. The first-order chi connectivity index (χ1) is 11.2. The van der Waals surface area contributed by atoms with Gasteiger partial charge in [-0.2, -0.15) is 0 Å². The fourth-order valence-electron chi connectivity index (χ4n) is 2.00. The average molecular weight is 324 g/mol. The number of hydrogen-bond acceptors (Lipinski definition) is 4. The lowest BCUT2D eigenvalue weighted by Gasteiger charge is -2.02. The molecule has 5 nitrogen and oxygen atoms in total. The smallest absolute Gasteiger partial charge is 0.195 e. The number of benzene rings is 2. The van der Waals surface area contributed by atoms with E-state index in [-0.39, 0.29) is 5.75 Å². The molecule has 0 amide bonds. The predicted octanol–water partition coefficient (Wildman–Crippen LogP) is 3.44. The van der Waals surface area contributed by atoms with Crippen LogP contribution < -0.4 is 11.1 Å². The van der Waals surface area contributed by atoms with Gasteiger partial charge in [-0.1, -0.05) is 30.3 Å². The molecule has 3 rings (SSSR count). The zero-order valence-corrected chi connectivity index (χ0v) is 13.1. The van der Waals surface area contributed by atoms with Crippen LogP contribution >= 0.6 is 11.3 Å². The van der Waals surface area contributed by atoms with Crippen molar-refractivity contribution in [1.82, 2.24) is 4.98 Å². The lowest BCUT2D eigenvalue weighted by atomic mass is 10.2. The maximum Gasteiger partial charge on any atom is 0.195 e. The minimum absolute atomic E-state index is 0.236. The van der Waals surface area contributed by atoms with Gasteiger partial charge in [-0.05, 0) is 29.8 Å². The normalized spacial score (nSPS) is 11.4. The van der Waals surface area contributed by atoms with E-state index in [1.54, 1.807) is 12.1 Å². The fourth-order valence-corrected chi connectivity index (χ4v) is 2.73. The van der Waals surface area contributed by atoms with Gasteiger partial charge in [0.15, 0.2) is 11.1 Å². The highest BCUT2D eigenvalue weighted by Crippen LogP contribution is 2.26. The molecule has 0 saturated heterocycles. The first kappa shape index (κ1) is 15.1. The molecular weight excluding hydrogens is 308 g/mol. The number of nitrogens with two attached hydrogens (primary N) is 1. The molecule has 0 aliphatic carbocycles. The second kappa shape index (κ2) is 6.93. The number of rotatable bonds is 4. The molecule has 1 heterocycles. The molecule has 23 heavy (non-hydrogen) atoms. The summed E-state index contributed by atoms with van der Waals surface area (Å²) in [5, 5.41) is 14.9. The van der Waals surface area contributed by atoms with Gasteiger partial charge in [0.05, 0.1) is 12.2 Å². The number of anilines is 1. The Labute approximate surface area is 138 Å². The van der Waals surface area contributed by atoms with Gasteiger partial charge in [0.25, 0.3) is 0 Å². The van der Waals surface area contributed by atoms with Crippen molar-refractivity contribution in [3.8, 4) is 17.0 Å². The summed E-state index contributed by atoms with van der Waals surface area (Å²) in [5.74, 6) is 0.570. The largest absolute Gasteiger partial charge is 0.508 e. The Morgan fingerprint density at radius 1 is 1.13 bits per heavy atom. The Morgan fingerprint density at radius 2 is 1.87 bits per heavy atom. The Hall–Kier alpha value is -2.86. The van der Waals surface area contributed by atoms with E-state index in [2.05, 4.69) is 15.3 Å². The third-order valence-electron chi connectivity index (χ3n) is 3.18. The van der Waals surface area contributed by atoms with E-state index in [9.17, 15) is 5.11 Å². The van der Waals surface area contributed by atoms with Crippen LogP contribution in [0.25, 0.3) is 11.3 Å². The van der Waals surface area contributed by atoms with Crippen molar-refractivity contribution in [1.29, 1.82) is 0 Å². The van der Waals surface area contributed by atoms with Crippen LogP contribution in [0.2, 0.25) is 0 Å². The van der Waals surface area contributed by atoms with Crippen molar-refractivity contribution in [3.05, 3.63) is 65.5 Å². The van der Waals surface area contributed by atoms with Crippen LogP contribution in [0, 0.1) is 0 Å². The lowest BCUT2D eigenvalue weighted by Crippen LogP contribution is -2.22. The molecule has 3 aromatic rings. The van der Waals surface area contributed by atoms with E-state index in [0.29, 0.717) is 17.6 Å². The van der Waals surface area contributed by atoms with Crippen LogP contribution in [0.4, 0.5) is 5.13 Å². The molecule has 0 unspecified atom stereocenters. The quantitative estimate of drug-likeness (QED) is 0.507. The Balaban J connectivity index is 1.65. The summed E-state index contributed by atoms with van der Waals surface area (Å²) in [6.45, 7) is 0.524. The monoisotopic (exact) mass is 324 g/mol. The molecule has 0 saturated carbocycles. The van der Waals surface area contributed by atoms with Crippen molar-refractivity contribution in [2.24, 2.45) is 10.7 Å². The SMILES string of the molecule is NC(=NCc1ccccc1)Nc1nc(-c2ccc(O)cc2)cs1. The van der Waals surface area contributed by atoms with Crippen LogP contribution in [0.5, 0.6) is 5.75 Å². The van der Waals surface area contributed by atoms with Crippen molar-refractivity contribution in [3.63, 3.8) is 0 Å². The number of hydrogen-bond donors (Lipinski definition) is 3. The first-order valence-electron chi connectivity index (χ1n) is 7.06. The van der Waals surface area contributed by atoms with Gasteiger partial charge in [0.2, 0.25) is 0 Å². The van der Waals surface area contributed by atoms with E-state index in [1.165, 1.54) is 11.3 Å².